The minimum Gasteiger partial charge on any atom is -0.364 e. The van der Waals surface area contributed by atoms with Gasteiger partial charge in [0.05, 0.1) is 4.92 Å². The molecule has 2 heterocycles. The van der Waals surface area contributed by atoms with Crippen molar-refractivity contribution >= 4 is 23.1 Å². The molecule has 2 aromatic rings. The molecule has 0 saturated heterocycles. The van der Waals surface area contributed by atoms with Crippen molar-refractivity contribution in [2.24, 2.45) is 0 Å². The van der Waals surface area contributed by atoms with Crippen LogP contribution in [-0.4, -0.2) is 31.4 Å². The lowest BCUT2D eigenvalue weighted by atomic mass is 10.3. The zero-order valence-electron chi connectivity index (χ0n) is 9.84. The maximum Gasteiger partial charge on any atom is 0.348 e. The van der Waals surface area contributed by atoms with E-state index in [-0.39, 0.29) is 16.7 Å². The number of aromatic nitrogens is 4. The minimum atomic E-state index is -0.600. The molecule has 9 heteroatoms. The van der Waals surface area contributed by atoms with Crippen molar-refractivity contribution in [3.05, 3.63) is 39.8 Å². The van der Waals surface area contributed by atoms with Crippen LogP contribution in [0.4, 0.5) is 11.5 Å². The number of aromatic amines is 1. The van der Waals surface area contributed by atoms with Crippen LogP contribution in [0.15, 0.2) is 18.7 Å². The quantitative estimate of drug-likeness (QED) is 0.362. The second kappa shape index (κ2) is 6.10. The van der Waals surface area contributed by atoms with Crippen LogP contribution in [0.5, 0.6) is 0 Å². The fourth-order valence-electron chi connectivity index (χ4n) is 1.55. The number of aryl methyl sites for hydroxylation is 1. The minimum absolute atomic E-state index is 0.129. The lowest BCUT2D eigenvalue weighted by molar-refractivity contribution is -0.384. The largest absolute Gasteiger partial charge is 0.364 e. The Hall–Kier alpha value is -2.22. The van der Waals surface area contributed by atoms with Crippen LogP contribution >= 0.6 is 11.6 Å². The van der Waals surface area contributed by atoms with E-state index in [0.717, 1.165) is 18.7 Å². The molecule has 0 fully saturated rings. The van der Waals surface area contributed by atoms with Crippen molar-refractivity contribution in [2.75, 3.05) is 11.9 Å². The SMILES string of the molecule is O=[N+]([O-])c1c(Cl)ncnc1NCCCc1ncc[nH]1. The molecule has 0 atom stereocenters. The Morgan fingerprint density at radius 1 is 1.42 bits per heavy atom. The maximum absolute atomic E-state index is 10.8. The first-order chi connectivity index (χ1) is 9.18. The number of hydrogen-bond acceptors (Lipinski definition) is 6. The molecule has 0 bridgehead atoms. The average molecular weight is 283 g/mol. The van der Waals surface area contributed by atoms with Gasteiger partial charge in [-0.05, 0) is 6.42 Å². The first-order valence-electron chi connectivity index (χ1n) is 5.55. The molecular weight excluding hydrogens is 272 g/mol. The standard InChI is InChI=1S/C10H11ClN6O2/c11-9-8(17(18)19)10(16-6-15-9)14-3-1-2-7-12-4-5-13-7/h4-6H,1-3H2,(H,12,13)(H,14,15,16). The van der Waals surface area contributed by atoms with E-state index in [4.69, 9.17) is 11.6 Å². The van der Waals surface area contributed by atoms with E-state index < -0.39 is 4.92 Å². The molecule has 8 nitrogen and oxygen atoms in total. The smallest absolute Gasteiger partial charge is 0.348 e. The highest BCUT2D eigenvalue weighted by molar-refractivity contribution is 6.31. The van der Waals surface area contributed by atoms with Crippen LogP contribution in [0, 0.1) is 10.1 Å². The summed E-state index contributed by atoms with van der Waals surface area (Å²) < 4.78 is 0. The van der Waals surface area contributed by atoms with Gasteiger partial charge in [0, 0.05) is 25.4 Å². The predicted octanol–water partition coefficient (Wildman–Crippen LogP) is 1.81. The van der Waals surface area contributed by atoms with Crippen LogP contribution in [0.2, 0.25) is 5.15 Å². The van der Waals surface area contributed by atoms with Gasteiger partial charge in [-0.3, -0.25) is 10.1 Å². The molecule has 0 radical (unpaired) electrons. The van der Waals surface area contributed by atoms with Crippen molar-refractivity contribution in [3.63, 3.8) is 0 Å². The highest BCUT2D eigenvalue weighted by atomic mass is 35.5. The molecular formula is C10H11ClN6O2. The van der Waals surface area contributed by atoms with E-state index >= 15 is 0 Å². The van der Waals surface area contributed by atoms with E-state index in [1.165, 1.54) is 6.33 Å². The molecule has 2 N–H and O–H groups in total. The van der Waals surface area contributed by atoms with Crippen LogP contribution in [0.1, 0.15) is 12.2 Å². The molecule has 0 unspecified atom stereocenters. The molecule has 0 aliphatic rings. The fourth-order valence-corrected chi connectivity index (χ4v) is 1.75. The summed E-state index contributed by atoms with van der Waals surface area (Å²) >= 11 is 5.67. The highest BCUT2D eigenvalue weighted by Gasteiger charge is 2.20. The van der Waals surface area contributed by atoms with Gasteiger partial charge in [0.25, 0.3) is 0 Å². The van der Waals surface area contributed by atoms with E-state index in [1.807, 2.05) is 0 Å². The zero-order chi connectivity index (χ0) is 13.7. The first-order valence-corrected chi connectivity index (χ1v) is 5.93. The van der Waals surface area contributed by atoms with Gasteiger partial charge in [-0.1, -0.05) is 11.6 Å². The number of nitrogens with one attached hydrogen (secondary N) is 2. The molecule has 0 aromatic carbocycles. The lowest BCUT2D eigenvalue weighted by Crippen LogP contribution is -2.08. The fraction of sp³-hybridized carbons (Fsp3) is 0.300. The monoisotopic (exact) mass is 282 g/mol. The number of halogens is 1. The summed E-state index contributed by atoms with van der Waals surface area (Å²) in [4.78, 5) is 24.7. The van der Waals surface area contributed by atoms with E-state index in [0.29, 0.717) is 6.54 Å². The number of hydrogen-bond donors (Lipinski definition) is 2. The Morgan fingerprint density at radius 3 is 2.95 bits per heavy atom. The molecule has 2 aromatic heterocycles. The van der Waals surface area contributed by atoms with Crippen molar-refractivity contribution < 1.29 is 4.92 Å². The van der Waals surface area contributed by atoms with Gasteiger partial charge in [0.2, 0.25) is 11.0 Å². The summed E-state index contributed by atoms with van der Waals surface area (Å²) in [5.74, 6) is 1.00. The maximum atomic E-state index is 10.8. The van der Waals surface area contributed by atoms with E-state index in [1.54, 1.807) is 12.4 Å². The summed E-state index contributed by atoms with van der Waals surface area (Å²) in [6, 6.07) is 0. The predicted molar refractivity (Wildman–Crippen MR) is 69.1 cm³/mol. The van der Waals surface area contributed by atoms with Crippen LogP contribution in [-0.2, 0) is 6.42 Å². The highest BCUT2D eigenvalue weighted by Crippen LogP contribution is 2.28. The van der Waals surface area contributed by atoms with Gasteiger partial charge in [0.15, 0.2) is 0 Å². The molecule has 0 aliphatic carbocycles. The summed E-state index contributed by atoms with van der Waals surface area (Å²) in [5.41, 5.74) is -0.304. The molecule has 0 aliphatic heterocycles. The lowest BCUT2D eigenvalue weighted by Gasteiger charge is -2.05. The number of nitrogens with zero attached hydrogens (tertiary/aromatic N) is 4. The third-order valence-corrected chi connectivity index (χ3v) is 2.67. The van der Waals surface area contributed by atoms with Crippen molar-refractivity contribution in [1.29, 1.82) is 0 Å². The van der Waals surface area contributed by atoms with Crippen LogP contribution in [0.25, 0.3) is 0 Å². The van der Waals surface area contributed by atoms with Crippen molar-refractivity contribution in [1.82, 2.24) is 19.9 Å². The number of rotatable bonds is 6. The third kappa shape index (κ3) is 3.38. The second-order valence-corrected chi connectivity index (χ2v) is 4.04. The van der Waals surface area contributed by atoms with Crippen molar-refractivity contribution in [2.45, 2.75) is 12.8 Å². The normalized spacial score (nSPS) is 10.4. The Kier molecular flexibility index (Phi) is 4.24. The van der Waals surface area contributed by atoms with Gasteiger partial charge >= 0.3 is 5.69 Å². The van der Waals surface area contributed by atoms with Gasteiger partial charge in [-0.15, -0.1) is 0 Å². The third-order valence-electron chi connectivity index (χ3n) is 2.40. The second-order valence-electron chi connectivity index (χ2n) is 3.69. The Labute approximate surface area is 113 Å². The summed E-state index contributed by atoms with van der Waals surface area (Å²) in [6.45, 7) is 0.523. The first kappa shape index (κ1) is 13.2. The van der Waals surface area contributed by atoms with Gasteiger partial charge < -0.3 is 10.3 Å². The van der Waals surface area contributed by atoms with E-state index in [9.17, 15) is 10.1 Å². The summed E-state index contributed by atoms with van der Waals surface area (Å²) in [7, 11) is 0. The van der Waals surface area contributed by atoms with Crippen LogP contribution in [0.3, 0.4) is 0 Å². The molecule has 0 spiro atoms. The number of H-pyrrole nitrogens is 1. The molecule has 0 saturated carbocycles. The zero-order valence-corrected chi connectivity index (χ0v) is 10.6. The topological polar surface area (TPSA) is 110 Å². The summed E-state index contributed by atoms with van der Waals surface area (Å²) in [6.07, 6.45) is 6.11. The summed E-state index contributed by atoms with van der Waals surface area (Å²) in [5, 5.41) is 13.6. The van der Waals surface area contributed by atoms with Gasteiger partial charge in [-0.2, -0.15) is 0 Å². The number of imidazole rings is 1. The molecule has 2 rings (SSSR count). The Balaban J connectivity index is 1.92. The van der Waals surface area contributed by atoms with E-state index in [2.05, 4.69) is 25.3 Å². The molecule has 0 amide bonds. The number of nitro groups is 1. The van der Waals surface area contributed by atoms with Crippen LogP contribution < -0.4 is 5.32 Å². The Bertz CT molecular complexity index is 559. The average Bonchev–Trinajstić information content (AvgIpc) is 2.87. The molecule has 100 valence electrons. The van der Waals surface area contributed by atoms with Gasteiger partial charge in [0.1, 0.15) is 12.2 Å². The molecule has 19 heavy (non-hydrogen) atoms. The van der Waals surface area contributed by atoms with Crippen molar-refractivity contribution in [3.8, 4) is 0 Å². The Morgan fingerprint density at radius 2 is 2.26 bits per heavy atom. The number of anilines is 1. The van der Waals surface area contributed by atoms with Gasteiger partial charge in [-0.25, -0.2) is 15.0 Å².